The normalized spacial score (nSPS) is 26.3. The van der Waals surface area contributed by atoms with E-state index in [4.69, 9.17) is 23.2 Å². The van der Waals surface area contributed by atoms with E-state index < -0.39 is 10.0 Å². The Morgan fingerprint density at radius 1 is 1.10 bits per heavy atom. The SMILES string of the molecule is CC1(c2cccc(NS(C)(=O)=O)c2)C2CN(CCCc3c(Cl)cccc3Cl)CC21. The second kappa shape index (κ2) is 7.77. The second-order valence-corrected chi connectivity index (χ2v) is 11.1. The molecule has 0 radical (unpaired) electrons. The highest BCUT2D eigenvalue weighted by molar-refractivity contribution is 7.92. The van der Waals surface area contributed by atoms with Crippen LogP contribution in [0, 0.1) is 11.8 Å². The molecule has 4 nitrogen and oxygen atoms in total. The van der Waals surface area contributed by atoms with Crippen LogP contribution in [0.4, 0.5) is 5.69 Å². The van der Waals surface area contributed by atoms with Gasteiger partial charge < -0.3 is 4.90 Å². The van der Waals surface area contributed by atoms with Gasteiger partial charge in [0.05, 0.1) is 6.26 Å². The smallest absolute Gasteiger partial charge is 0.229 e. The van der Waals surface area contributed by atoms with Crippen LogP contribution < -0.4 is 4.72 Å². The molecule has 7 heteroatoms. The summed E-state index contributed by atoms with van der Waals surface area (Å²) in [6.07, 6.45) is 3.11. The third-order valence-electron chi connectivity index (χ3n) is 6.58. The van der Waals surface area contributed by atoms with Crippen molar-refractivity contribution in [3.05, 3.63) is 63.6 Å². The maximum atomic E-state index is 11.5. The Morgan fingerprint density at radius 2 is 1.72 bits per heavy atom. The number of hydrogen-bond donors (Lipinski definition) is 1. The van der Waals surface area contributed by atoms with Crippen LogP contribution in [0.25, 0.3) is 0 Å². The Labute approximate surface area is 183 Å². The predicted molar refractivity (Wildman–Crippen MR) is 120 cm³/mol. The lowest BCUT2D eigenvalue weighted by molar-refractivity contribution is 0.274. The minimum Gasteiger partial charge on any atom is -0.303 e. The van der Waals surface area contributed by atoms with Gasteiger partial charge in [0, 0.05) is 34.2 Å². The maximum Gasteiger partial charge on any atom is 0.229 e. The van der Waals surface area contributed by atoms with E-state index in [0.29, 0.717) is 17.5 Å². The molecule has 2 unspecified atom stereocenters. The number of nitrogens with one attached hydrogen (secondary N) is 1. The lowest BCUT2D eigenvalue weighted by atomic mass is 9.92. The molecule has 2 aliphatic rings. The van der Waals surface area contributed by atoms with E-state index in [1.807, 2.05) is 30.3 Å². The Morgan fingerprint density at radius 3 is 2.34 bits per heavy atom. The molecule has 0 amide bonds. The fraction of sp³-hybridized carbons (Fsp3) is 0.455. The molecular weight excluding hydrogens is 427 g/mol. The number of rotatable bonds is 7. The first-order valence-electron chi connectivity index (χ1n) is 9.92. The number of piperidine rings is 1. The monoisotopic (exact) mass is 452 g/mol. The van der Waals surface area contributed by atoms with Gasteiger partial charge in [-0.2, -0.15) is 0 Å². The van der Waals surface area contributed by atoms with Crippen molar-refractivity contribution in [2.24, 2.45) is 11.8 Å². The van der Waals surface area contributed by atoms with E-state index >= 15 is 0 Å². The van der Waals surface area contributed by atoms with Gasteiger partial charge >= 0.3 is 0 Å². The quantitative estimate of drug-likeness (QED) is 0.654. The summed E-state index contributed by atoms with van der Waals surface area (Å²) in [6, 6.07) is 13.5. The van der Waals surface area contributed by atoms with E-state index in [1.54, 1.807) is 6.07 Å². The first-order chi connectivity index (χ1) is 13.7. The molecule has 1 aliphatic carbocycles. The van der Waals surface area contributed by atoms with E-state index in [1.165, 1.54) is 11.8 Å². The van der Waals surface area contributed by atoms with Gasteiger partial charge in [0.15, 0.2) is 0 Å². The fourth-order valence-electron chi connectivity index (χ4n) is 4.96. The molecule has 2 fully saturated rings. The van der Waals surface area contributed by atoms with Gasteiger partial charge in [-0.1, -0.05) is 48.3 Å². The summed E-state index contributed by atoms with van der Waals surface area (Å²) in [4.78, 5) is 2.53. The minimum atomic E-state index is -3.26. The third-order valence-corrected chi connectivity index (χ3v) is 7.89. The Balaban J connectivity index is 1.33. The molecule has 0 aromatic heterocycles. The standard InChI is InChI=1S/C22H26Cl2N2O2S/c1-22(15-6-3-7-16(12-15)25-29(2,27)28)18-13-26(14-19(18)22)11-5-8-17-20(23)9-4-10-21(17)24/h3-4,6-7,9-10,12,18-19,25H,5,8,11,13-14H2,1-2H3. The molecule has 0 bridgehead atoms. The largest absolute Gasteiger partial charge is 0.303 e. The van der Waals surface area contributed by atoms with E-state index in [-0.39, 0.29) is 5.41 Å². The molecule has 0 spiro atoms. The van der Waals surface area contributed by atoms with Gasteiger partial charge in [0.1, 0.15) is 0 Å². The number of fused-ring (bicyclic) bond motifs is 1. The molecule has 1 aliphatic heterocycles. The van der Waals surface area contributed by atoms with Crippen LogP contribution in [-0.4, -0.2) is 39.2 Å². The summed E-state index contributed by atoms with van der Waals surface area (Å²) in [7, 11) is -3.26. The van der Waals surface area contributed by atoms with Crippen LogP contribution in [-0.2, 0) is 21.9 Å². The van der Waals surface area contributed by atoms with Gasteiger partial charge in [-0.25, -0.2) is 8.42 Å². The zero-order valence-electron chi connectivity index (χ0n) is 16.7. The number of likely N-dealkylation sites (tertiary alicyclic amines) is 1. The van der Waals surface area contributed by atoms with Crippen LogP contribution in [0.15, 0.2) is 42.5 Å². The molecule has 1 N–H and O–H groups in total. The van der Waals surface area contributed by atoms with Crippen molar-refractivity contribution in [1.82, 2.24) is 4.90 Å². The van der Waals surface area contributed by atoms with Gasteiger partial charge in [-0.3, -0.25) is 4.72 Å². The summed E-state index contributed by atoms with van der Waals surface area (Å²) < 4.78 is 25.6. The van der Waals surface area contributed by atoms with Crippen molar-refractivity contribution in [2.75, 3.05) is 30.6 Å². The number of sulfonamides is 1. The molecule has 2 aromatic rings. The van der Waals surface area contributed by atoms with E-state index in [9.17, 15) is 8.42 Å². The molecule has 4 rings (SSSR count). The number of anilines is 1. The lowest BCUT2D eigenvalue weighted by Crippen LogP contribution is -2.30. The van der Waals surface area contributed by atoms with Crippen LogP contribution in [0.1, 0.15) is 24.5 Å². The van der Waals surface area contributed by atoms with Crippen molar-refractivity contribution in [2.45, 2.75) is 25.2 Å². The molecular formula is C22H26Cl2N2O2S. The van der Waals surface area contributed by atoms with Crippen molar-refractivity contribution in [3.8, 4) is 0 Å². The van der Waals surface area contributed by atoms with Crippen molar-refractivity contribution >= 4 is 38.9 Å². The van der Waals surface area contributed by atoms with Crippen LogP contribution in [0.3, 0.4) is 0 Å². The average Bonchev–Trinajstić information content (AvgIpc) is 2.99. The second-order valence-electron chi connectivity index (χ2n) is 8.51. The van der Waals surface area contributed by atoms with Crippen LogP contribution in [0.5, 0.6) is 0 Å². The Hall–Kier alpha value is -1.27. The van der Waals surface area contributed by atoms with Crippen LogP contribution >= 0.6 is 23.2 Å². The van der Waals surface area contributed by atoms with Gasteiger partial charge in [0.2, 0.25) is 10.0 Å². The predicted octanol–water partition coefficient (Wildman–Crippen LogP) is 4.82. The van der Waals surface area contributed by atoms with Gasteiger partial charge in [-0.05, 0) is 66.6 Å². The summed E-state index contributed by atoms with van der Waals surface area (Å²) in [5.41, 5.74) is 3.05. The Kier molecular flexibility index (Phi) is 5.62. The molecule has 2 atom stereocenters. The molecule has 1 saturated carbocycles. The van der Waals surface area contributed by atoms with E-state index in [0.717, 1.165) is 48.1 Å². The van der Waals surface area contributed by atoms with Crippen LogP contribution in [0.2, 0.25) is 10.0 Å². The summed E-state index contributed by atoms with van der Waals surface area (Å²) in [5, 5.41) is 1.49. The van der Waals surface area contributed by atoms with Crippen molar-refractivity contribution in [3.63, 3.8) is 0 Å². The van der Waals surface area contributed by atoms with E-state index in [2.05, 4.69) is 22.6 Å². The zero-order chi connectivity index (χ0) is 20.8. The van der Waals surface area contributed by atoms with Gasteiger partial charge in [-0.15, -0.1) is 0 Å². The highest BCUT2D eigenvalue weighted by atomic mass is 35.5. The highest BCUT2D eigenvalue weighted by Crippen LogP contribution is 2.63. The first kappa shape index (κ1) is 21.0. The molecule has 156 valence electrons. The topological polar surface area (TPSA) is 49.4 Å². The number of halogens is 2. The van der Waals surface area contributed by atoms with Gasteiger partial charge in [0.25, 0.3) is 0 Å². The molecule has 1 saturated heterocycles. The maximum absolute atomic E-state index is 11.5. The summed E-state index contributed by atoms with van der Waals surface area (Å²) in [5.74, 6) is 1.25. The minimum absolute atomic E-state index is 0.137. The van der Waals surface area contributed by atoms with Crippen molar-refractivity contribution in [1.29, 1.82) is 0 Å². The average molecular weight is 453 g/mol. The third kappa shape index (κ3) is 4.29. The fourth-order valence-corrected chi connectivity index (χ4v) is 6.10. The summed E-state index contributed by atoms with van der Waals surface area (Å²) in [6.45, 7) is 5.52. The molecule has 2 aromatic carbocycles. The molecule has 1 heterocycles. The number of hydrogen-bond acceptors (Lipinski definition) is 3. The number of benzene rings is 2. The Bertz CT molecular complexity index is 993. The summed E-state index contributed by atoms with van der Waals surface area (Å²) >= 11 is 12.5. The lowest BCUT2D eigenvalue weighted by Gasteiger charge is -2.25. The van der Waals surface area contributed by atoms with Crippen molar-refractivity contribution < 1.29 is 8.42 Å². The zero-order valence-corrected chi connectivity index (χ0v) is 19.0. The highest BCUT2D eigenvalue weighted by Gasteiger charge is 2.65. The molecule has 29 heavy (non-hydrogen) atoms. The first-order valence-corrected chi connectivity index (χ1v) is 12.6. The number of nitrogens with zero attached hydrogens (tertiary/aromatic N) is 1.